The van der Waals surface area contributed by atoms with Crippen LogP contribution < -0.4 is 4.74 Å². The summed E-state index contributed by atoms with van der Waals surface area (Å²) in [4.78, 5) is 24.4. The molecule has 7 nitrogen and oxygen atoms in total. The fraction of sp³-hybridized carbons (Fsp3) is 0. The summed E-state index contributed by atoms with van der Waals surface area (Å²) in [5.74, 6) is -2.65. The second-order valence-electron chi connectivity index (χ2n) is 3.79. The Morgan fingerprint density at radius 1 is 1.43 bits per heavy atom. The molecule has 21 heavy (non-hydrogen) atoms. The standard InChI is InChI=1S/C12H6ClFN2O5/c13-9-2-1-7(4-10(9)14)21-11-8(12(17)18)3-6(5-15-11)16(19)20/h1-5H,(H,17,18). The monoisotopic (exact) mass is 312 g/mol. The van der Waals surface area contributed by atoms with Crippen LogP contribution in [0.3, 0.4) is 0 Å². The molecule has 1 heterocycles. The number of rotatable bonds is 4. The van der Waals surface area contributed by atoms with Gasteiger partial charge in [-0.05, 0) is 12.1 Å². The highest BCUT2D eigenvalue weighted by atomic mass is 35.5. The van der Waals surface area contributed by atoms with Gasteiger partial charge in [-0.1, -0.05) is 11.6 Å². The molecule has 1 aromatic heterocycles. The average molecular weight is 313 g/mol. The number of nitro groups is 1. The van der Waals surface area contributed by atoms with Crippen LogP contribution in [0.5, 0.6) is 11.6 Å². The second kappa shape index (κ2) is 5.71. The van der Waals surface area contributed by atoms with Gasteiger partial charge in [0, 0.05) is 12.1 Å². The maximum Gasteiger partial charge on any atom is 0.341 e. The van der Waals surface area contributed by atoms with Crippen LogP contribution in [-0.2, 0) is 0 Å². The molecule has 1 aromatic carbocycles. The van der Waals surface area contributed by atoms with Crippen molar-refractivity contribution in [2.75, 3.05) is 0 Å². The number of hydrogen-bond donors (Lipinski definition) is 1. The van der Waals surface area contributed by atoms with Gasteiger partial charge in [-0.3, -0.25) is 10.1 Å². The Bertz CT molecular complexity index is 738. The summed E-state index contributed by atoms with van der Waals surface area (Å²) >= 11 is 5.51. The Labute approximate surface area is 121 Å². The summed E-state index contributed by atoms with van der Waals surface area (Å²) in [6, 6.07) is 4.27. The van der Waals surface area contributed by atoms with Crippen molar-refractivity contribution < 1.29 is 24.0 Å². The van der Waals surface area contributed by atoms with Crippen LogP contribution in [0.4, 0.5) is 10.1 Å². The highest BCUT2D eigenvalue weighted by molar-refractivity contribution is 6.30. The molecule has 0 aliphatic heterocycles. The van der Waals surface area contributed by atoms with Crippen LogP contribution in [0.1, 0.15) is 10.4 Å². The predicted molar refractivity (Wildman–Crippen MR) is 69.3 cm³/mol. The summed E-state index contributed by atoms with van der Waals surface area (Å²) in [6.07, 6.45) is 0.841. The zero-order valence-corrected chi connectivity index (χ0v) is 10.9. The number of ether oxygens (including phenoxy) is 1. The van der Waals surface area contributed by atoms with Gasteiger partial charge in [0.2, 0.25) is 5.88 Å². The van der Waals surface area contributed by atoms with Crippen LogP contribution in [0, 0.1) is 15.9 Å². The number of pyridine rings is 1. The Hall–Kier alpha value is -2.74. The van der Waals surface area contributed by atoms with Crippen LogP contribution in [0.2, 0.25) is 5.02 Å². The summed E-state index contributed by atoms with van der Waals surface area (Å²) in [7, 11) is 0. The fourth-order valence-corrected chi connectivity index (χ4v) is 1.55. The number of hydrogen-bond acceptors (Lipinski definition) is 5. The molecule has 9 heteroatoms. The Balaban J connectivity index is 2.41. The lowest BCUT2D eigenvalue weighted by Gasteiger charge is -2.07. The number of carboxylic acids is 1. The molecule has 108 valence electrons. The van der Waals surface area contributed by atoms with E-state index in [0.29, 0.717) is 0 Å². The molecule has 0 radical (unpaired) electrons. The molecular weight excluding hydrogens is 307 g/mol. The van der Waals surface area contributed by atoms with Crippen molar-refractivity contribution in [3.05, 3.63) is 57.0 Å². The molecule has 0 unspecified atom stereocenters. The van der Waals surface area contributed by atoms with Gasteiger partial charge in [0.1, 0.15) is 23.3 Å². The zero-order chi connectivity index (χ0) is 15.6. The minimum Gasteiger partial charge on any atom is -0.477 e. The zero-order valence-electron chi connectivity index (χ0n) is 10.1. The Kier molecular flexibility index (Phi) is 3.99. The number of carbonyl (C=O) groups is 1. The first-order valence-corrected chi connectivity index (χ1v) is 5.77. The topological polar surface area (TPSA) is 103 Å². The lowest BCUT2D eigenvalue weighted by atomic mass is 10.2. The SMILES string of the molecule is O=C(O)c1cc([N+](=O)[O-])cnc1Oc1ccc(Cl)c(F)c1. The maximum absolute atomic E-state index is 13.3. The van der Waals surface area contributed by atoms with Crippen LogP contribution in [-0.4, -0.2) is 21.0 Å². The van der Waals surface area contributed by atoms with E-state index in [-0.39, 0.29) is 10.8 Å². The third-order valence-electron chi connectivity index (χ3n) is 2.38. The van der Waals surface area contributed by atoms with Gasteiger partial charge >= 0.3 is 5.97 Å². The number of benzene rings is 1. The van der Waals surface area contributed by atoms with Crippen LogP contribution >= 0.6 is 11.6 Å². The summed E-state index contributed by atoms with van der Waals surface area (Å²) in [6.45, 7) is 0. The molecule has 0 atom stereocenters. The largest absolute Gasteiger partial charge is 0.477 e. The van der Waals surface area contributed by atoms with E-state index < -0.39 is 33.8 Å². The van der Waals surface area contributed by atoms with Crippen molar-refractivity contribution in [3.8, 4) is 11.6 Å². The van der Waals surface area contributed by atoms with Gasteiger partial charge in [0.05, 0.1) is 9.95 Å². The number of carboxylic acid groups (broad SMARTS) is 1. The van der Waals surface area contributed by atoms with Gasteiger partial charge in [-0.15, -0.1) is 0 Å². The van der Waals surface area contributed by atoms with Crippen molar-refractivity contribution >= 4 is 23.3 Å². The van der Waals surface area contributed by atoms with Crippen molar-refractivity contribution in [1.82, 2.24) is 4.98 Å². The Morgan fingerprint density at radius 2 is 2.14 bits per heavy atom. The highest BCUT2D eigenvalue weighted by Gasteiger charge is 2.19. The van der Waals surface area contributed by atoms with E-state index in [0.717, 1.165) is 18.3 Å². The maximum atomic E-state index is 13.3. The summed E-state index contributed by atoms with van der Waals surface area (Å²) in [5.41, 5.74) is -1.01. The number of aromatic nitrogens is 1. The molecule has 0 saturated carbocycles. The van der Waals surface area contributed by atoms with E-state index >= 15 is 0 Å². The third kappa shape index (κ3) is 3.23. The van der Waals surface area contributed by atoms with Crippen molar-refractivity contribution in [2.45, 2.75) is 0 Å². The summed E-state index contributed by atoms with van der Waals surface area (Å²) in [5, 5.41) is 19.5. The summed E-state index contributed by atoms with van der Waals surface area (Å²) < 4.78 is 18.4. The highest BCUT2D eigenvalue weighted by Crippen LogP contribution is 2.28. The van der Waals surface area contributed by atoms with Gasteiger partial charge in [-0.2, -0.15) is 0 Å². The van der Waals surface area contributed by atoms with Crippen molar-refractivity contribution in [2.24, 2.45) is 0 Å². The van der Waals surface area contributed by atoms with E-state index in [2.05, 4.69) is 4.98 Å². The molecule has 0 saturated heterocycles. The normalized spacial score (nSPS) is 10.2. The molecule has 0 aliphatic rings. The second-order valence-corrected chi connectivity index (χ2v) is 4.19. The number of halogens is 2. The first-order valence-electron chi connectivity index (χ1n) is 5.39. The van der Waals surface area contributed by atoms with E-state index in [9.17, 15) is 19.3 Å². The molecule has 0 bridgehead atoms. The molecule has 0 amide bonds. The molecule has 0 fully saturated rings. The van der Waals surface area contributed by atoms with Crippen molar-refractivity contribution in [1.29, 1.82) is 0 Å². The van der Waals surface area contributed by atoms with Gasteiger partial charge < -0.3 is 9.84 Å². The predicted octanol–water partition coefficient (Wildman–Crippen LogP) is 3.27. The number of nitrogens with zero attached hydrogens (tertiary/aromatic N) is 2. The van der Waals surface area contributed by atoms with E-state index in [1.54, 1.807) is 0 Å². The average Bonchev–Trinajstić information content (AvgIpc) is 2.43. The van der Waals surface area contributed by atoms with E-state index in [4.69, 9.17) is 21.4 Å². The van der Waals surface area contributed by atoms with Gasteiger partial charge in [0.25, 0.3) is 5.69 Å². The van der Waals surface area contributed by atoms with Gasteiger partial charge in [0.15, 0.2) is 0 Å². The van der Waals surface area contributed by atoms with E-state index in [1.807, 2.05) is 0 Å². The lowest BCUT2D eigenvalue weighted by Crippen LogP contribution is -2.03. The fourth-order valence-electron chi connectivity index (χ4n) is 1.43. The minimum atomic E-state index is -1.46. The van der Waals surface area contributed by atoms with E-state index in [1.165, 1.54) is 12.1 Å². The lowest BCUT2D eigenvalue weighted by molar-refractivity contribution is -0.385. The molecule has 1 N–H and O–H groups in total. The first kappa shape index (κ1) is 14.7. The van der Waals surface area contributed by atoms with Gasteiger partial charge in [-0.25, -0.2) is 14.2 Å². The quantitative estimate of drug-likeness (QED) is 0.686. The molecule has 0 aliphatic carbocycles. The van der Waals surface area contributed by atoms with Crippen molar-refractivity contribution in [3.63, 3.8) is 0 Å². The van der Waals surface area contributed by atoms with Crippen LogP contribution in [0.15, 0.2) is 30.5 Å². The molecular formula is C12H6ClFN2O5. The third-order valence-corrected chi connectivity index (χ3v) is 2.69. The molecule has 2 aromatic rings. The number of aromatic carboxylic acids is 1. The first-order chi connectivity index (χ1) is 9.88. The van der Waals surface area contributed by atoms with Crippen LogP contribution in [0.25, 0.3) is 0 Å². The molecule has 2 rings (SSSR count). The smallest absolute Gasteiger partial charge is 0.341 e. The molecule has 0 spiro atoms. The minimum absolute atomic E-state index is 0.0410. The Morgan fingerprint density at radius 3 is 2.71 bits per heavy atom.